The molecule has 10 nitrogen and oxygen atoms in total. The van der Waals surface area contributed by atoms with E-state index in [9.17, 15) is 9.90 Å². The van der Waals surface area contributed by atoms with Crippen molar-refractivity contribution < 1.29 is 19.4 Å². The molecular weight excluding hydrogens is 492 g/mol. The Kier molecular flexibility index (Phi) is 6.19. The summed E-state index contributed by atoms with van der Waals surface area (Å²) in [6, 6.07) is 7.53. The maximum Gasteiger partial charge on any atom is 0.275 e. The second kappa shape index (κ2) is 9.66. The maximum atomic E-state index is 13.1. The van der Waals surface area contributed by atoms with Gasteiger partial charge < -0.3 is 30.1 Å². The highest BCUT2D eigenvalue weighted by Gasteiger charge is 2.34. The number of rotatable bonds is 7. The number of nitrogens with one attached hydrogen (secondary N) is 2. The molecule has 2 aliphatic heterocycles. The average molecular weight is 521 g/mol. The molecule has 0 radical (unpaired) electrons. The lowest BCUT2D eigenvalue weighted by molar-refractivity contribution is -0.120. The van der Waals surface area contributed by atoms with Crippen LogP contribution in [0.5, 0.6) is 11.6 Å². The van der Waals surface area contributed by atoms with Crippen molar-refractivity contribution in [3.8, 4) is 16.8 Å². The number of amides is 1. The van der Waals surface area contributed by atoms with Crippen molar-refractivity contribution in [1.29, 1.82) is 0 Å². The molecule has 1 aromatic carbocycles. The molecule has 0 spiro atoms. The number of aromatic nitrogens is 3. The summed E-state index contributed by atoms with van der Waals surface area (Å²) in [5, 5.41) is 20.9. The van der Waals surface area contributed by atoms with Crippen molar-refractivity contribution in [2.45, 2.75) is 6.92 Å². The van der Waals surface area contributed by atoms with Gasteiger partial charge in [-0.15, -0.1) is 11.3 Å². The third-order valence-corrected chi connectivity index (χ3v) is 7.53. The normalized spacial score (nSPS) is 16.9. The monoisotopic (exact) mass is 520 g/mol. The Labute approximate surface area is 217 Å². The van der Waals surface area contributed by atoms with Crippen LogP contribution in [0.25, 0.3) is 15.9 Å². The van der Waals surface area contributed by atoms with Gasteiger partial charge in [-0.2, -0.15) is 0 Å². The molecule has 0 atom stereocenters. The Bertz CT molecular complexity index is 1440. The smallest absolute Gasteiger partial charge is 0.275 e. The van der Waals surface area contributed by atoms with Crippen LogP contribution in [0.4, 0.5) is 11.4 Å². The van der Waals surface area contributed by atoms with Gasteiger partial charge in [-0.3, -0.25) is 14.3 Å². The lowest BCUT2D eigenvalue weighted by atomic mass is 9.90. The highest BCUT2D eigenvalue weighted by atomic mass is 32.1. The van der Waals surface area contributed by atoms with Crippen LogP contribution >= 0.6 is 11.3 Å². The highest BCUT2D eigenvalue weighted by Crippen LogP contribution is 2.35. The standard InChI is InChI=1S/C26H28N6O4S/c1-26(14-35-15-26)16-36-18-3-2-17-12-32(24(34)19(17)10-18)25-30-21(13-37-25)23(33)29-20-11-28-5-4-22(20)31-8-6-27-7-9-31/h2-5,10-13,27,34H,6-9,14-16H2,1H3,(H,29,33). The van der Waals surface area contributed by atoms with Crippen LogP contribution in [0, 0.1) is 5.41 Å². The third kappa shape index (κ3) is 4.73. The van der Waals surface area contributed by atoms with E-state index in [-0.39, 0.29) is 22.9 Å². The zero-order valence-corrected chi connectivity index (χ0v) is 21.3. The van der Waals surface area contributed by atoms with E-state index in [1.807, 2.05) is 24.3 Å². The van der Waals surface area contributed by atoms with Crippen molar-refractivity contribution in [2.75, 3.05) is 56.2 Å². The molecule has 4 aromatic rings. The van der Waals surface area contributed by atoms with Crippen LogP contribution < -0.4 is 20.3 Å². The van der Waals surface area contributed by atoms with Crippen molar-refractivity contribution in [3.05, 3.63) is 53.9 Å². The first-order chi connectivity index (χ1) is 18.0. The van der Waals surface area contributed by atoms with Gasteiger partial charge in [0.15, 0.2) is 5.13 Å². The number of benzene rings is 1. The van der Waals surface area contributed by atoms with Crippen LogP contribution in [0.15, 0.2) is 48.2 Å². The molecule has 0 bridgehead atoms. The minimum Gasteiger partial charge on any atom is -0.494 e. The summed E-state index contributed by atoms with van der Waals surface area (Å²) < 4.78 is 12.8. The third-order valence-electron chi connectivity index (χ3n) is 6.69. The molecule has 2 fully saturated rings. The van der Waals surface area contributed by atoms with Gasteiger partial charge in [0.25, 0.3) is 5.91 Å². The molecule has 3 N–H and O–H groups in total. The molecule has 1 amide bonds. The topological polar surface area (TPSA) is 114 Å². The number of fused-ring (bicyclic) bond motifs is 1. The van der Waals surface area contributed by atoms with Crippen LogP contribution in [0.3, 0.4) is 0 Å². The van der Waals surface area contributed by atoms with E-state index in [1.165, 1.54) is 11.3 Å². The summed E-state index contributed by atoms with van der Waals surface area (Å²) in [7, 11) is 0. The number of pyridine rings is 1. The van der Waals surface area contributed by atoms with Crippen molar-refractivity contribution in [1.82, 2.24) is 19.9 Å². The molecule has 0 unspecified atom stereocenters. The predicted octanol–water partition coefficient (Wildman–Crippen LogP) is 3.26. The zero-order valence-electron chi connectivity index (χ0n) is 20.4. The van der Waals surface area contributed by atoms with Crippen LogP contribution in [0.1, 0.15) is 17.4 Å². The van der Waals surface area contributed by atoms with Crippen LogP contribution in [-0.4, -0.2) is 71.5 Å². The summed E-state index contributed by atoms with van der Waals surface area (Å²) in [5.74, 6) is 0.407. The van der Waals surface area contributed by atoms with Crippen molar-refractivity contribution >= 4 is 39.4 Å². The number of nitrogens with zero attached hydrogens (tertiary/aromatic N) is 4. The van der Waals surface area contributed by atoms with E-state index < -0.39 is 0 Å². The number of anilines is 2. The lowest BCUT2D eigenvalue weighted by Gasteiger charge is -2.37. The molecule has 0 saturated carbocycles. The summed E-state index contributed by atoms with van der Waals surface area (Å²) in [4.78, 5) is 24.0. The Morgan fingerprint density at radius 2 is 2.14 bits per heavy atom. The van der Waals surface area contributed by atoms with E-state index in [0.29, 0.717) is 41.8 Å². The minimum atomic E-state index is -0.327. The van der Waals surface area contributed by atoms with Gasteiger partial charge in [0.2, 0.25) is 5.88 Å². The van der Waals surface area contributed by atoms with E-state index in [2.05, 4.69) is 32.4 Å². The Hall–Kier alpha value is -3.67. The number of hydrogen-bond donors (Lipinski definition) is 3. The van der Waals surface area contributed by atoms with Crippen LogP contribution in [-0.2, 0) is 4.74 Å². The maximum absolute atomic E-state index is 13.1. The number of carbonyl (C=O) groups excluding carboxylic acids is 1. The quantitative estimate of drug-likeness (QED) is 0.340. The van der Waals surface area contributed by atoms with E-state index in [4.69, 9.17) is 9.47 Å². The van der Waals surface area contributed by atoms with Gasteiger partial charge >= 0.3 is 0 Å². The number of piperazine rings is 1. The molecular formula is C26H28N6O4S. The number of carbonyl (C=O) groups is 1. The number of hydrogen-bond acceptors (Lipinski definition) is 9. The molecule has 11 heteroatoms. The summed E-state index contributed by atoms with van der Waals surface area (Å²) >= 11 is 1.28. The molecule has 6 rings (SSSR count). The first kappa shape index (κ1) is 23.7. The highest BCUT2D eigenvalue weighted by molar-refractivity contribution is 7.12. The summed E-state index contributed by atoms with van der Waals surface area (Å²) in [6.07, 6.45) is 5.19. The molecule has 192 valence electrons. The van der Waals surface area contributed by atoms with Gasteiger partial charge in [0.1, 0.15) is 11.4 Å². The fourth-order valence-electron chi connectivity index (χ4n) is 4.53. The molecule has 2 saturated heterocycles. The van der Waals surface area contributed by atoms with E-state index in [0.717, 1.165) is 37.3 Å². The van der Waals surface area contributed by atoms with Gasteiger partial charge in [-0.25, -0.2) is 4.98 Å². The molecule has 3 aromatic heterocycles. The number of aromatic hydroxyl groups is 1. The molecule has 5 heterocycles. The SMILES string of the molecule is CC1(COc2ccc3cn(-c4nc(C(=O)Nc5cnccc5N5CCNCC5)cs4)c(O)c3c2)COC1. The van der Waals surface area contributed by atoms with Gasteiger partial charge in [-0.05, 0) is 24.3 Å². The molecule has 37 heavy (non-hydrogen) atoms. The number of ether oxygens (including phenoxy) is 2. The lowest BCUT2D eigenvalue weighted by Crippen LogP contribution is -2.44. The Morgan fingerprint density at radius 3 is 2.92 bits per heavy atom. The zero-order chi connectivity index (χ0) is 25.4. The van der Waals surface area contributed by atoms with E-state index in [1.54, 1.807) is 28.5 Å². The fourth-order valence-corrected chi connectivity index (χ4v) is 5.31. The minimum absolute atomic E-state index is 0.0301. The Balaban J connectivity index is 1.20. The molecule has 2 aliphatic rings. The summed E-state index contributed by atoms with van der Waals surface area (Å²) in [6.45, 7) is 7.55. The van der Waals surface area contributed by atoms with Crippen molar-refractivity contribution in [3.63, 3.8) is 0 Å². The van der Waals surface area contributed by atoms with Gasteiger partial charge in [-0.1, -0.05) is 6.92 Å². The first-order valence-electron chi connectivity index (χ1n) is 12.2. The number of thiazole rings is 1. The van der Waals surface area contributed by atoms with Gasteiger partial charge in [0, 0.05) is 60.1 Å². The van der Waals surface area contributed by atoms with E-state index >= 15 is 0 Å². The largest absolute Gasteiger partial charge is 0.494 e. The van der Waals surface area contributed by atoms with Crippen molar-refractivity contribution in [2.24, 2.45) is 5.41 Å². The van der Waals surface area contributed by atoms with Crippen LogP contribution in [0.2, 0.25) is 0 Å². The Morgan fingerprint density at radius 1 is 1.30 bits per heavy atom. The average Bonchev–Trinajstić information content (AvgIpc) is 3.52. The second-order valence-corrected chi connectivity index (χ2v) is 10.6. The fraction of sp³-hybridized carbons (Fsp3) is 0.346. The summed E-state index contributed by atoms with van der Waals surface area (Å²) in [5.41, 5.74) is 1.88. The molecule has 0 aliphatic carbocycles. The van der Waals surface area contributed by atoms with Gasteiger partial charge in [0.05, 0.1) is 37.4 Å². The second-order valence-electron chi connectivity index (χ2n) is 9.76. The predicted molar refractivity (Wildman–Crippen MR) is 142 cm³/mol. The first-order valence-corrected chi connectivity index (χ1v) is 13.1.